The smallest absolute Gasteiger partial charge is 0.241 e. The Labute approximate surface area is 132 Å². The van der Waals surface area contributed by atoms with Gasteiger partial charge in [-0.1, -0.05) is 12.8 Å². The van der Waals surface area contributed by atoms with Crippen LogP contribution in [0.15, 0.2) is 18.2 Å². The first-order chi connectivity index (χ1) is 10.7. The molecule has 2 rings (SSSR count). The van der Waals surface area contributed by atoms with Gasteiger partial charge in [0.15, 0.2) is 11.5 Å². The summed E-state index contributed by atoms with van der Waals surface area (Å²) < 4.78 is 10.5. The van der Waals surface area contributed by atoms with Crippen LogP contribution in [0, 0.1) is 0 Å². The lowest BCUT2D eigenvalue weighted by Gasteiger charge is -2.26. The number of carbonyl (C=O) groups excluding carboxylic acids is 1. The van der Waals surface area contributed by atoms with Crippen molar-refractivity contribution in [2.45, 2.75) is 38.6 Å². The Morgan fingerprint density at radius 3 is 2.32 bits per heavy atom. The van der Waals surface area contributed by atoms with Gasteiger partial charge >= 0.3 is 0 Å². The van der Waals surface area contributed by atoms with Gasteiger partial charge in [0, 0.05) is 11.8 Å². The second kappa shape index (κ2) is 8.03. The number of hydrogen-bond acceptors (Lipinski definition) is 4. The molecule has 1 amide bonds. The molecule has 0 saturated carbocycles. The number of ether oxygens (including phenoxy) is 2. The van der Waals surface area contributed by atoms with Crippen LogP contribution in [0.3, 0.4) is 0 Å². The molecule has 1 fully saturated rings. The van der Waals surface area contributed by atoms with Crippen molar-refractivity contribution < 1.29 is 14.3 Å². The van der Waals surface area contributed by atoms with Crippen molar-refractivity contribution in [2.24, 2.45) is 0 Å². The molecule has 1 aromatic rings. The monoisotopic (exact) mass is 306 g/mol. The summed E-state index contributed by atoms with van der Waals surface area (Å²) in [4.78, 5) is 14.7. The van der Waals surface area contributed by atoms with E-state index in [0.29, 0.717) is 11.5 Å². The van der Waals surface area contributed by atoms with E-state index >= 15 is 0 Å². The molecule has 1 aliphatic rings. The van der Waals surface area contributed by atoms with E-state index in [1.54, 1.807) is 26.4 Å². The molecule has 0 bridgehead atoms. The van der Waals surface area contributed by atoms with Crippen LogP contribution >= 0.6 is 0 Å². The Kier molecular flexibility index (Phi) is 6.07. The standard InChI is InChI=1S/C17H26N2O3/c1-13(19-10-6-4-5-7-11-19)17(20)18-14-8-9-15(21-2)16(12-14)22-3/h8-9,12-13H,4-7,10-11H2,1-3H3,(H,18,20). The highest BCUT2D eigenvalue weighted by atomic mass is 16.5. The molecule has 1 heterocycles. The Bertz CT molecular complexity index is 497. The minimum atomic E-state index is -0.119. The summed E-state index contributed by atoms with van der Waals surface area (Å²) in [5, 5.41) is 2.97. The third-order valence-corrected chi connectivity index (χ3v) is 4.22. The fourth-order valence-corrected chi connectivity index (χ4v) is 2.81. The molecule has 0 spiro atoms. The zero-order chi connectivity index (χ0) is 15.9. The number of nitrogens with zero attached hydrogens (tertiary/aromatic N) is 1. The summed E-state index contributed by atoms with van der Waals surface area (Å²) in [6.45, 7) is 3.97. The van der Waals surface area contributed by atoms with E-state index in [2.05, 4.69) is 10.2 Å². The van der Waals surface area contributed by atoms with Crippen molar-refractivity contribution in [1.82, 2.24) is 4.90 Å². The highest BCUT2D eigenvalue weighted by molar-refractivity contribution is 5.94. The molecule has 122 valence electrons. The summed E-state index contributed by atoms with van der Waals surface area (Å²) >= 11 is 0. The molecule has 0 aliphatic carbocycles. The normalized spacial score (nSPS) is 17.4. The number of anilines is 1. The van der Waals surface area contributed by atoms with Crippen molar-refractivity contribution in [2.75, 3.05) is 32.6 Å². The predicted octanol–water partition coefficient (Wildman–Crippen LogP) is 2.91. The van der Waals surface area contributed by atoms with E-state index in [1.165, 1.54) is 25.7 Å². The number of hydrogen-bond donors (Lipinski definition) is 1. The second-order valence-corrected chi connectivity index (χ2v) is 5.69. The highest BCUT2D eigenvalue weighted by Crippen LogP contribution is 2.29. The summed E-state index contributed by atoms with van der Waals surface area (Å²) in [6.07, 6.45) is 4.88. The molecule has 5 heteroatoms. The van der Waals surface area contributed by atoms with E-state index in [4.69, 9.17) is 9.47 Å². The zero-order valence-corrected chi connectivity index (χ0v) is 13.7. The maximum atomic E-state index is 12.5. The van der Waals surface area contributed by atoms with Crippen LogP contribution in [0.25, 0.3) is 0 Å². The first-order valence-corrected chi connectivity index (χ1v) is 7.92. The van der Waals surface area contributed by atoms with E-state index in [1.807, 2.05) is 13.0 Å². The maximum absolute atomic E-state index is 12.5. The summed E-state index contributed by atoms with van der Waals surface area (Å²) in [6, 6.07) is 5.29. The lowest BCUT2D eigenvalue weighted by Crippen LogP contribution is -2.42. The SMILES string of the molecule is COc1ccc(NC(=O)C(C)N2CCCCCC2)cc1OC. The number of rotatable bonds is 5. The third kappa shape index (κ3) is 4.13. The van der Waals surface area contributed by atoms with E-state index < -0.39 is 0 Å². The zero-order valence-electron chi connectivity index (χ0n) is 13.7. The molecule has 1 aliphatic heterocycles. The number of benzene rings is 1. The molecule has 1 unspecified atom stereocenters. The first kappa shape index (κ1) is 16.6. The predicted molar refractivity (Wildman–Crippen MR) is 87.7 cm³/mol. The fraction of sp³-hybridized carbons (Fsp3) is 0.588. The van der Waals surface area contributed by atoms with Gasteiger partial charge in [-0.25, -0.2) is 0 Å². The minimum Gasteiger partial charge on any atom is -0.493 e. The molecule has 1 atom stereocenters. The maximum Gasteiger partial charge on any atom is 0.241 e. The van der Waals surface area contributed by atoms with Crippen LogP contribution in [0.1, 0.15) is 32.6 Å². The number of carbonyl (C=O) groups is 1. The molecule has 0 radical (unpaired) electrons. The van der Waals surface area contributed by atoms with Gasteiger partial charge in [0.2, 0.25) is 5.91 Å². The van der Waals surface area contributed by atoms with Crippen LogP contribution in [-0.4, -0.2) is 44.2 Å². The van der Waals surface area contributed by atoms with Gasteiger partial charge < -0.3 is 14.8 Å². The first-order valence-electron chi connectivity index (χ1n) is 7.92. The van der Waals surface area contributed by atoms with Crippen molar-refractivity contribution in [3.63, 3.8) is 0 Å². The average Bonchev–Trinajstić information content (AvgIpc) is 2.83. The van der Waals surface area contributed by atoms with Crippen molar-refractivity contribution in [3.8, 4) is 11.5 Å². The van der Waals surface area contributed by atoms with Gasteiger partial charge in [-0.3, -0.25) is 9.69 Å². The van der Waals surface area contributed by atoms with Crippen LogP contribution in [0.4, 0.5) is 5.69 Å². The minimum absolute atomic E-state index is 0.0223. The Morgan fingerprint density at radius 2 is 1.73 bits per heavy atom. The van der Waals surface area contributed by atoms with E-state index in [-0.39, 0.29) is 11.9 Å². The second-order valence-electron chi connectivity index (χ2n) is 5.69. The largest absolute Gasteiger partial charge is 0.493 e. The Morgan fingerprint density at radius 1 is 1.09 bits per heavy atom. The third-order valence-electron chi connectivity index (χ3n) is 4.22. The van der Waals surface area contributed by atoms with Gasteiger partial charge in [-0.15, -0.1) is 0 Å². The lowest BCUT2D eigenvalue weighted by molar-refractivity contribution is -0.120. The van der Waals surface area contributed by atoms with Gasteiger partial charge in [-0.05, 0) is 45.0 Å². The molecular formula is C17H26N2O3. The molecule has 0 aromatic heterocycles. The summed E-state index contributed by atoms with van der Waals surface area (Å²) in [7, 11) is 3.18. The van der Waals surface area contributed by atoms with Crippen LogP contribution < -0.4 is 14.8 Å². The molecule has 22 heavy (non-hydrogen) atoms. The molecule has 1 saturated heterocycles. The van der Waals surface area contributed by atoms with Crippen molar-refractivity contribution in [3.05, 3.63) is 18.2 Å². The Hall–Kier alpha value is -1.75. The quantitative estimate of drug-likeness (QED) is 0.909. The number of nitrogens with one attached hydrogen (secondary N) is 1. The van der Waals surface area contributed by atoms with Crippen LogP contribution in [0.5, 0.6) is 11.5 Å². The van der Waals surface area contributed by atoms with Gasteiger partial charge in [0.1, 0.15) is 0 Å². The van der Waals surface area contributed by atoms with E-state index in [9.17, 15) is 4.79 Å². The van der Waals surface area contributed by atoms with Gasteiger partial charge in [0.05, 0.1) is 20.3 Å². The number of amides is 1. The summed E-state index contributed by atoms with van der Waals surface area (Å²) in [5.41, 5.74) is 0.726. The highest BCUT2D eigenvalue weighted by Gasteiger charge is 2.22. The van der Waals surface area contributed by atoms with E-state index in [0.717, 1.165) is 18.8 Å². The summed E-state index contributed by atoms with van der Waals surface area (Å²) in [5.74, 6) is 1.29. The molecular weight excluding hydrogens is 280 g/mol. The fourth-order valence-electron chi connectivity index (χ4n) is 2.81. The molecule has 1 aromatic carbocycles. The lowest BCUT2D eigenvalue weighted by atomic mass is 10.2. The topological polar surface area (TPSA) is 50.8 Å². The molecule has 1 N–H and O–H groups in total. The Balaban J connectivity index is 2.01. The number of likely N-dealkylation sites (tertiary alicyclic amines) is 1. The van der Waals surface area contributed by atoms with Crippen molar-refractivity contribution in [1.29, 1.82) is 0 Å². The molecule has 5 nitrogen and oxygen atoms in total. The van der Waals surface area contributed by atoms with Crippen LogP contribution in [-0.2, 0) is 4.79 Å². The average molecular weight is 306 g/mol. The van der Waals surface area contributed by atoms with Gasteiger partial charge in [0.25, 0.3) is 0 Å². The van der Waals surface area contributed by atoms with Gasteiger partial charge in [-0.2, -0.15) is 0 Å². The van der Waals surface area contributed by atoms with Crippen molar-refractivity contribution >= 4 is 11.6 Å². The van der Waals surface area contributed by atoms with Crippen LogP contribution in [0.2, 0.25) is 0 Å². The number of methoxy groups -OCH3 is 2.